The van der Waals surface area contributed by atoms with E-state index in [0.717, 1.165) is 69.9 Å². The zero-order valence-electron chi connectivity index (χ0n) is 37.4. The molecule has 12 rings (SSSR count). The first-order valence-corrected chi connectivity index (χ1v) is 19.8. The van der Waals surface area contributed by atoms with E-state index in [1.807, 2.05) is 84.9 Å². The average molecular weight is 750 g/mol. The number of para-hydroxylation sites is 1. The lowest BCUT2D eigenvalue weighted by molar-refractivity contribution is 1.18. The Balaban J connectivity index is 1.16. The van der Waals surface area contributed by atoms with Gasteiger partial charge in [0.25, 0.3) is 0 Å². The van der Waals surface area contributed by atoms with E-state index < -0.39 is 12.1 Å². The third-order valence-corrected chi connectivity index (χ3v) is 12.3. The Kier molecular flexibility index (Phi) is 5.74. The van der Waals surface area contributed by atoms with Gasteiger partial charge in [0.1, 0.15) is 0 Å². The van der Waals surface area contributed by atoms with E-state index in [9.17, 15) is 6.85 Å². The minimum atomic E-state index is -0.419. The highest BCUT2D eigenvalue weighted by atomic mass is 32.1. The highest BCUT2D eigenvalue weighted by Crippen LogP contribution is 2.42. The molecule has 9 aromatic carbocycles. The van der Waals surface area contributed by atoms with Crippen LogP contribution in [0.2, 0.25) is 0 Å². The summed E-state index contributed by atoms with van der Waals surface area (Å²) in [4.78, 5) is 0. The van der Waals surface area contributed by atoms with Gasteiger partial charge in [0.05, 0.1) is 31.7 Å². The molecule has 3 heteroatoms. The molecule has 0 unspecified atom stereocenters. The Bertz CT molecular complexity index is 3930. The second-order valence-electron chi connectivity index (χ2n) is 14.4. The van der Waals surface area contributed by atoms with Crippen molar-refractivity contribution in [2.45, 2.75) is 0 Å². The Hall–Kier alpha value is -7.20. The minimum Gasteiger partial charge on any atom is -0.309 e. The molecule has 0 radical (unpaired) electrons. The lowest BCUT2D eigenvalue weighted by atomic mass is 9.97. The van der Waals surface area contributed by atoms with Crippen LogP contribution in [0, 0.1) is 0 Å². The van der Waals surface area contributed by atoms with Crippen LogP contribution >= 0.6 is 11.3 Å². The van der Waals surface area contributed by atoms with E-state index in [2.05, 4.69) is 83.4 Å². The molecule has 0 fully saturated rings. The van der Waals surface area contributed by atoms with Gasteiger partial charge in [0.15, 0.2) is 0 Å². The number of benzene rings is 9. The van der Waals surface area contributed by atoms with Crippen molar-refractivity contribution in [3.63, 3.8) is 0 Å². The van der Waals surface area contributed by atoms with Gasteiger partial charge in [0.2, 0.25) is 0 Å². The number of hydrogen-bond acceptors (Lipinski definition) is 1. The summed E-state index contributed by atoms with van der Waals surface area (Å²) >= 11 is 1.66. The van der Waals surface area contributed by atoms with Crippen LogP contribution in [0.1, 0.15) is 9.60 Å². The lowest BCUT2D eigenvalue weighted by Gasteiger charge is -2.11. The number of fused-ring (bicyclic) bond motifs is 9. The third-order valence-electron chi connectivity index (χ3n) is 11.2. The molecule has 0 amide bonds. The highest BCUT2D eigenvalue weighted by molar-refractivity contribution is 7.25. The van der Waals surface area contributed by atoms with Crippen LogP contribution in [0.5, 0.6) is 0 Å². The molecular weight excluding hydrogens is 709 g/mol. The summed E-state index contributed by atoms with van der Waals surface area (Å²) in [6, 6.07) is 53.5. The fraction of sp³-hybridized carbons (Fsp3) is 0. The molecule has 2 nitrogen and oxygen atoms in total. The summed E-state index contributed by atoms with van der Waals surface area (Å²) in [6.45, 7) is 0. The van der Waals surface area contributed by atoms with Crippen LogP contribution in [0.15, 0.2) is 206 Å². The Labute approximate surface area is 343 Å². The van der Waals surface area contributed by atoms with Crippen LogP contribution in [0.25, 0.3) is 109 Å². The zero-order chi connectivity index (χ0) is 43.5. The summed E-state index contributed by atoms with van der Waals surface area (Å²) in [5, 5.41) is 4.30. The van der Waals surface area contributed by atoms with E-state index in [-0.39, 0.29) is 57.6 Å². The van der Waals surface area contributed by atoms with Crippen molar-refractivity contribution >= 4 is 75.1 Å². The second kappa shape index (κ2) is 12.7. The largest absolute Gasteiger partial charge is 0.309 e. The maximum Gasteiger partial charge on any atom is 0.0645 e. The minimum absolute atomic E-state index is 0.0752. The van der Waals surface area contributed by atoms with Crippen molar-refractivity contribution in [3.8, 4) is 44.8 Å². The van der Waals surface area contributed by atoms with Crippen LogP contribution < -0.4 is 0 Å². The van der Waals surface area contributed by atoms with Gasteiger partial charge in [-0.1, -0.05) is 133 Å². The molecule has 0 spiro atoms. The maximum atomic E-state index is 10.00. The standard InChI is InChI=1S/C54H34N2S/c1-3-13-35(14-4-1)37-17-11-18-40(31-37)56-50-29-26-39(33-47(50)54-42(21-12-23-51(54)56)36-15-5-2-6-16-36)38-25-28-49-45(32-38)43-19-7-9-22-48(43)55(49)41-27-30-53-46(34-41)44-20-8-10-24-52(44)57-53/h1-34H/i7D,9D,19D,22D,25D,28D,32D. The van der Waals surface area contributed by atoms with Crippen LogP contribution in [-0.4, -0.2) is 9.13 Å². The first-order valence-electron chi connectivity index (χ1n) is 22.4. The Morgan fingerprint density at radius 1 is 0.368 bits per heavy atom. The monoisotopic (exact) mass is 749 g/mol. The topological polar surface area (TPSA) is 9.86 Å². The number of hydrogen-bond donors (Lipinski definition) is 0. The van der Waals surface area contributed by atoms with E-state index >= 15 is 0 Å². The molecule has 266 valence electrons. The van der Waals surface area contributed by atoms with Crippen molar-refractivity contribution in [1.82, 2.24) is 9.13 Å². The van der Waals surface area contributed by atoms with Gasteiger partial charge in [-0.3, -0.25) is 0 Å². The maximum absolute atomic E-state index is 10.00. The van der Waals surface area contributed by atoms with E-state index in [0.29, 0.717) is 11.3 Å². The molecule has 57 heavy (non-hydrogen) atoms. The highest BCUT2D eigenvalue weighted by Gasteiger charge is 2.19. The molecule has 0 N–H and O–H groups in total. The van der Waals surface area contributed by atoms with Crippen LogP contribution in [0.3, 0.4) is 0 Å². The van der Waals surface area contributed by atoms with Gasteiger partial charge >= 0.3 is 0 Å². The summed E-state index contributed by atoms with van der Waals surface area (Å²) in [6.07, 6.45) is 0. The molecule has 0 atom stereocenters. The molecule has 0 aliphatic carbocycles. The van der Waals surface area contributed by atoms with Gasteiger partial charge in [-0.05, 0) is 106 Å². The molecule has 0 saturated carbocycles. The number of rotatable bonds is 5. The van der Waals surface area contributed by atoms with Crippen molar-refractivity contribution in [2.24, 2.45) is 0 Å². The summed E-state index contributed by atoms with van der Waals surface area (Å²) in [5.74, 6) is 0. The number of aromatic nitrogens is 2. The average Bonchev–Trinajstić information content (AvgIpc) is 4.01. The smallest absolute Gasteiger partial charge is 0.0645 e. The van der Waals surface area contributed by atoms with E-state index in [1.165, 1.54) is 0 Å². The molecule has 12 aromatic rings. The van der Waals surface area contributed by atoms with Gasteiger partial charge < -0.3 is 9.13 Å². The zero-order valence-corrected chi connectivity index (χ0v) is 31.2. The van der Waals surface area contributed by atoms with Crippen LogP contribution in [-0.2, 0) is 0 Å². The van der Waals surface area contributed by atoms with Crippen LogP contribution in [0.4, 0.5) is 0 Å². The Morgan fingerprint density at radius 3 is 1.96 bits per heavy atom. The van der Waals surface area contributed by atoms with Gasteiger partial charge in [-0.15, -0.1) is 11.3 Å². The fourth-order valence-electron chi connectivity index (χ4n) is 8.59. The molecule has 0 bridgehead atoms. The first-order chi connectivity index (χ1) is 31.2. The molecular formula is C54H34N2S. The van der Waals surface area contributed by atoms with Crippen molar-refractivity contribution in [1.29, 1.82) is 0 Å². The van der Waals surface area contributed by atoms with Crippen molar-refractivity contribution in [3.05, 3.63) is 206 Å². The second-order valence-corrected chi connectivity index (χ2v) is 15.4. The summed E-state index contributed by atoms with van der Waals surface area (Å²) in [5.41, 5.74) is 8.89. The van der Waals surface area contributed by atoms with E-state index in [4.69, 9.17) is 2.74 Å². The van der Waals surface area contributed by atoms with Crippen molar-refractivity contribution in [2.75, 3.05) is 0 Å². The number of thiophene rings is 1. The summed E-state index contributed by atoms with van der Waals surface area (Å²) in [7, 11) is 0. The van der Waals surface area contributed by atoms with Gasteiger partial charge in [0, 0.05) is 53.1 Å². The van der Waals surface area contributed by atoms with Crippen molar-refractivity contribution < 1.29 is 9.60 Å². The normalized spacial score (nSPS) is 13.6. The van der Waals surface area contributed by atoms with Gasteiger partial charge in [-0.25, -0.2) is 0 Å². The lowest BCUT2D eigenvalue weighted by Crippen LogP contribution is -1.94. The first kappa shape index (κ1) is 25.8. The molecule has 0 aliphatic rings. The molecule has 3 heterocycles. The SMILES string of the molecule is [2H]c1c([2H])c([2H])c2c(c1[2H])c1c([2H])c(-c3ccc4c(c3)c3c(-c5ccccc5)cccc3n4-c3cccc(-c4ccccc4)c3)c([2H])c([2H])c1n2-c1ccc2sc3ccccc3c2c1. The summed E-state index contributed by atoms with van der Waals surface area (Å²) < 4.78 is 71.5. The van der Waals surface area contributed by atoms with E-state index in [1.54, 1.807) is 15.9 Å². The third kappa shape index (κ3) is 5.03. The fourth-order valence-corrected chi connectivity index (χ4v) is 9.67. The Morgan fingerprint density at radius 2 is 1.07 bits per heavy atom. The van der Waals surface area contributed by atoms with Gasteiger partial charge in [-0.2, -0.15) is 0 Å². The molecule has 0 aliphatic heterocycles. The number of nitrogens with zero attached hydrogens (tertiary/aromatic N) is 2. The predicted molar refractivity (Wildman–Crippen MR) is 244 cm³/mol. The quantitative estimate of drug-likeness (QED) is 0.166. The molecule has 3 aromatic heterocycles. The molecule has 0 saturated heterocycles. The predicted octanol–water partition coefficient (Wildman–Crippen LogP) is 15.2.